The summed E-state index contributed by atoms with van der Waals surface area (Å²) in [6, 6.07) is 8.40. The summed E-state index contributed by atoms with van der Waals surface area (Å²) >= 11 is 0. The fraction of sp³-hybridized carbons (Fsp3) is 0.500. The number of benzene rings is 1. The number of carbonyl (C=O) groups is 3. The number of fused-ring (bicyclic) bond motifs is 1. The Kier molecular flexibility index (Phi) is 10.1. The second-order valence-electron chi connectivity index (χ2n) is 12.2. The van der Waals surface area contributed by atoms with Gasteiger partial charge < -0.3 is 29.6 Å². The maximum Gasteiger partial charge on any atom is 0.274 e. The number of amides is 3. The van der Waals surface area contributed by atoms with Crippen LogP contribution in [0.15, 0.2) is 48.8 Å². The second kappa shape index (κ2) is 13.5. The first-order chi connectivity index (χ1) is 20.4. The summed E-state index contributed by atoms with van der Waals surface area (Å²) in [6.45, 7) is 8.76. The minimum Gasteiger partial charge on any atom is -0.495 e. The number of halogens is 1. The highest BCUT2D eigenvalue weighted by atomic mass is 19.1. The third kappa shape index (κ3) is 7.70. The average Bonchev–Trinajstić information content (AvgIpc) is 3.63. The van der Waals surface area contributed by atoms with Crippen LogP contribution in [0.4, 0.5) is 4.39 Å². The van der Waals surface area contributed by atoms with E-state index in [1.807, 2.05) is 25.7 Å². The largest absolute Gasteiger partial charge is 0.495 e. The smallest absolute Gasteiger partial charge is 0.274 e. The Bertz CT molecular complexity index is 1430. The molecule has 3 aromatic rings. The zero-order valence-corrected chi connectivity index (χ0v) is 25.9. The Morgan fingerprint density at radius 3 is 2.51 bits per heavy atom. The van der Waals surface area contributed by atoms with E-state index in [4.69, 9.17) is 4.74 Å². The number of methoxy groups -OCH3 is 1. The quantitative estimate of drug-likeness (QED) is 0.353. The van der Waals surface area contributed by atoms with Gasteiger partial charge in [0.1, 0.15) is 28.9 Å². The van der Waals surface area contributed by atoms with Gasteiger partial charge in [-0.15, -0.1) is 0 Å². The molecule has 1 aliphatic heterocycles. The van der Waals surface area contributed by atoms with Crippen LogP contribution in [0.1, 0.15) is 56.6 Å². The molecule has 3 amide bonds. The molecule has 0 spiro atoms. The molecule has 11 heteroatoms. The van der Waals surface area contributed by atoms with Gasteiger partial charge in [0, 0.05) is 31.9 Å². The number of aromatic nitrogens is 2. The molecule has 4 rings (SSSR count). The molecule has 1 aliphatic rings. The Hall–Kier alpha value is -3.99. The van der Waals surface area contributed by atoms with Gasteiger partial charge in [-0.05, 0) is 68.5 Å². The molecule has 1 aromatic carbocycles. The average molecular weight is 595 g/mol. The van der Waals surface area contributed by atoms with E-state index in [0.29, 0.717) is 37.5 Å². The molecule has 2 N–H and O–H groups in total. The van der Waals surface area contributed by atoms with E-state index < -0.39 is 17.5 Å². The summed E-state index contributed by atoms with van der Waals surface area (Å²) < 4.78 is 20.6. The van der Waals surface area contributed by atoms with Crippen molar-refractivity contribution in [2.45, 2.75) is 65.1 Å². The number of hydrogen-bond acceptors (Lipinski definition) is 6. The number of hydrogen-bond donors (Lipinski definition) is 2. The monoisotopic (exact) mass is 594 g/mol. The van der Waals surface area contributed by atoms with E-state index in [0.717, 1.165) is 18.4 Å². The van der Waals surface area contributed by atoms with Crippen molar-refractivity contribution >= 4 is 23.4 Å². The van der Waals surface area contributed by atoms with Crippen molar-refractivity contribution in [3.8, 4) is 5.75 Å². The Balaban J connectivity index is 1.58. The van der Waals surface area contributed by atoms with E-state index >= 15 is 0 Å². The van der Waals surface area contributed by atoms with Gasteiger partial charge in [0.2, 0.25) is 11.8 Å². The van der Waals surface area contributed by atoms with Crippen LogP contribution >= 0.6 is 0 Å². The van der Waals surface area contributed by atoms with E-state index in [-0.39, 0.29) is 35.3 Å². The van der Waals surface area contributed by atoms with Gasteiger partial charge in [-0.3, -0.25) is 14.4 Å². The van der Waals surface area contributed by atoms with Crippen molar-refractivity contribution < 1.29 is 23.5 Å². The fourth-order valence-electron chi connectivity index (χ4n) is 5.33. The standard InChI is InChI=1S/C32H43FN6O4/c1-21(34-5)29(40)36-28(32(2,3)4)31(42)39-16-7-8-24(39)18-37(17-15-22-9-11-23(33)12-10-22)30(41)26-20-38-19-25(43-6)13-14-27(38)35-26/h9-14,19-21,24,28,34H,7-8,15-18H2,1-6H3,(H,36,40)/t21-,24-,28+/m0/s1. The van der Waals surface area contributed by atoms with Crippen LogP contribution in [-0.4, -0.2) is 88.8 Å². The second-order valence-corrected chi connectivity index (χ2v) is 12.2. The molecule has 43 heavy (non-hydrogen) atoms. The maximum atomic E-state index is 14.0. The number of nitrogens with one attached hydrogen (secondary N) is 2. The molecule has 0 bridgehead atoms. The summed E-state index contributed by atoms with van der Waals surface area (Å²) in [5, 5.41) is 5.88. The lowest BCUT2D eigenvalue weighted by Crippen LogP contribution is -2.59. The van der Waals surface area contributed by atoms with Crippen LogP contribution in [0, 0.1) is 11.2 Å². The summed E-state index contributed by atoms with van der Waals surface area (Å²) in [7, 11) is 3.28. The predicted octanol–water partition coefficient (Wildman–Crippen LogP) is 3.30. The number of nitrogens with zero attached hydrogens (tertiary/aromatic N) is 4. The highest BCUT2D eigenvalue weighted by molar-refractivity contribution is 5.93. The Labute approximate surface area is 252 Å². The van der Waals surface area contributed by atoms with Crippen molar-refractivity contribution in [1.82, 2.24) is 29.8 Å². The summed E-state index contributed by atoms with van der Waals surface area (Å²) in [4.78, 5) is 48.8. The fourth-order valence-corrected chi connectivity index (χ4v) is 5.33. The van der Waals surface area contributed by atoms with Gasteiger partial charge in [0.15, 0.2) is 0 Å². The number of pyridine rings is 1. The SMILES string of the molecule is CN[C@@H](C)C(=O)N[C@H](C(=O)N1CCC[C@H]1CN(CCc1ccc(F)cc1)C(=O)c1cn2cc(OC)ccc2n1)C(C)(C)C. The minimum atomic E-state index is -0.729. The zero-order valence-electron chi connectivity index (χ0n) is 25.9. The number of ether oxygens (including phenoxy) is 1. The molecule has 232 valence electrons. The lowest BCUT2D eigenvalue weighted by atomic mass is 9.85. The summed E-state index contributed by atoms with van der Waals surface area (Å²) in [6.07, 6.45) is 5.47. The van der Waals surface area contributed by atoms with Gasteiger partial charge >= 0.3 is 0 Å². The molecule has 3 atom stereocenters. The molecule has 0 aliphatic carbocycles. The van der Waals surface area contributed by atoms with Crippen molar-refractivity contribution in [1.29, 1.82) is 0 Å². The van der Waals surface area contributed by atoms with E-state index in [1.54, 1.807) is 67.0 Å². The molecule has 0 unspecified atom stereocenters. The Morgan fingerprint density at radius 2 is 1.86 bits per heavy atom. The molecule has 1 saturated heterocycles. The van der Waals surface area contributed by atoms with Crippen LogP contribution in [0.3, 0.4) is 0 Å². The molecule has 0 radical (unpaired) electrons. The van der Waals surface area contributed by atoms with Crippen LogP contribution in [0.25, 0.3) is 5.65 Å². The summed E-state index contributed by atoms with van der Waals surface area (Å²) in [5.41, 5.74) is 1.26. The van der Waals surface area contributed by atoms with E-state index in [2.05, 4.69) is 15.6 Å². The molecular formula is C32H43FN6O4. The number of likely N-dealkylation sites (tertiary alicyclic amines) is 1. The van der Waals surface area contributed by atoms with Crippen molar-refractivity contribution in [3.05, 3.63) is 65.9 Å². The summed E-state index contributed by atoms with van der Waals surface area (Å²) in [5.74, 6) is -0.334. The lowest BCUT2D eigenvalue weighted by molar-refractivity contribution is -0.140. The number of carbonyl (C=O) groups excluding carboxylic acids is 3. The van der Waals surface area contributed by atoms with E-state index in [9.17, 15) is 18.8 Å². The van der Waals surface area contributed by atoms with Crippen LogP contribution in [0.2, 0.25) is 0 Å². The highest BCUT2D eigenvalue weighted by Crippen LogP contribution is 2.27. The molecule has 0 saturated carbocycles. The lowest BCUT2D eigenvalue weighted by Gasteiger charge is -2.37. The van der Waals surface area contributed by atoms with Crippen LogP contribution in [-0.2, 0) is 16.0 Å². The van der Waals surface area contributed by atoms with E-state index in [1.165, 1.54) is 12.1 Å². The minimum absolute atomic E-state index is 0.155. The van der Waals surface area contributed by atoms with Crippen LogP contribution in [0.5, 0.6) is 5.75 Å². The topological polar surface area (TPSA) is 108 Å². The van der Waals surface area contributed by atoms with Gasteiger partial charge in [0.05, 0.1) is 19.3 Å². The first kappa shape index (κ1) is 31.9. The van der Waals surface area contributed by atoms with Crippen molar-refractivity contribution in [2.75, 3.05) is 33.8 Å². The number of imidazole rings is 1. The first-order valence-electron chi connectivity index (χ1n) is 14.8. The number of likely N-dealkylation sites (N-methyl/N-ethyl adjacent to an activating group) is 1. The predicted molar refractivity (Wildman–Crippen MR) is 162 cm³/mol. The van der Waals surface area contributed by atoms with Gasteiger partial charge in [-0.1, -0.05) is 32.9 Å². The van der Waals surface area contributed by atoms with Crippen LogP contribution < -0.4 is 15.4 Å². The van der Waals surface area contributed by atoms with Gasteiger partial charge in [-0.25, -0.2) is 9.37 Å². The molecular weight excluding hydrogens is 551 g/mol. The van der Waals surface area contributed by atoms with Crippen molar-refractivity contribution in [3.63, 3.8) is 0 Å². The zero-order chi connectivity index (χ0) is 31.3. The third-order valence-electron chi connectivity index (χ3n) is 8.07. The molecule has 2 aromatic heterocycles. The van der Waals surface area contributed by atoms with Gasteiger partial charge in [0.25, 0.3) is 5.91 Å². The Morgan fingerprint density at radius 1 is 1.14 bits per heavy atom. The molecule has 10 nitrogen and oxygen atoms in total. The molecule has 1 fully saturated rings. The third-order valence-corrected chi connectivity index (χ3v) is 8.07. The first-order valence-corrected chi connectivity index (χ1v) is 14.8. The normalized spacial score (nSPS) is 16.6. The van der Waals surface area contributed by atoms with Crippen molar-refractivity contribution in [2.24, 2.45) is 5.41 Å². The number of rotatable bonds is 11. The molecule has 3 heterocycles. The van der Waals surface area contributed by atoms with Gasteiger partial charge in [-0.2, -0.15) is 0 Å². The maximum absolute atomic E-state index is 14.0. The highest BCUT2D eigenvalue weighted by Gasteiger charge is 2.41.